The third kappa shape index (κ3) is 5.20. The molecule has 1 atom stereocenters. The quantitative estimate of drug-likeness (QED) is 0.432. The van der Waals surface area contributed by atoms with Crippen LogP contribution in [0.1, 0.15) is 51.9 Å². The third-order valence-electron chi connectivity index (χ3n) is 6.95. The van der Waals surface area contributed by atoms with E-state index in [2.05, 4.69) is 15.3 Å². The van der Waals surface area contributed by atoms with Crippen LogP contribution in [0.15, 0.2) is 35.5 Å². The Hall–Kier alpha value is -2.87. The average molecular weight is 601 g/mol. The van der Waals surface area contributed by atoms with Crippen LogP contribution in [0.3, 0.4) is 0 Å². The van der Waals surface area contributed by atoms with Gasteiger partial charge in [0.1, 0.15) is 5.82 Å². The Morgan fingerprint density at radius 1 is 1.13 bits per heavy atom. The summed E-state index contributed by atoms with van der Waals surface area (Å²) < 4.78 is 120. The number of nitrogens with one attached hydrogen (secondary N) is 1. The lowest BCUT2D eigenvalue weighted by Gasteiger charge is -2.30. The summed E-state index contributed by atoms with van der Waals surface area (Å²) in [7, 11) is -3.39. The molecule has 0 aromatic heterocycles. The second-order valence-corrected chi connectivity index (χ2v) is 12.4. The van der Waals surface area contributed by atoms with E-state index in [4.69, 9.17) is 11.6 Å². The Labute approximate surface area is 223 Å². The van der Waals surface area contributed by atoms with E-state index < -0.39 is 66.8 Å². The third-order valence-corrected chi connectivity index (χ3v) is 9.35. The van der Waals surface area contributed by atoms with Gasteiger partial charge in [-0.1, -0.05) is 22.8 Å². The lowest BCUT2D eigenvalue weighted by Crippen LogP contribution is -2.43. The monoisotopic (exact) mass is 600 g/mol. The summed E-state index contributed by atoms with van der Waals surface area (Å²) in [6.07, 6.45) is -9.80. The molecule has 2 aromatic carbocycles. The first-order valence-corrected chi connectivity index (χ1v) is 13.6. The van der Waals surface area contributed by atoms with Crippen molar-refractivity contribution in [1.82, 2.24) is 5.32 Å². The van der Waals surface area contributed by atoms with Gasteiger partial charge in [-0.25, -0.2) is 12.8 Å². The number of carbonyl (C=O) groups excluding carboxylic acids is 1. The summed E-state index contributed by atoms with van der Waals surface area (Å²) in [5, 5.41) is 4.81. The molecule has 4 rings (SSSR count). The predicted molar refractivity (Wildman–Crippen MR) is 127 cm³/mol. The summed E-state index contributed by atoms with van der Waals surface area (Å²) in [6.45, 7) is 1.37. The summed E-state index contributed by atoms with van der Waals surface area (Å²) in [5.74, 6) is -2.34. The van der Waals surface area contributed by atoms with Crippen molar-refractivity contribution in [3.05, 3.63) is 69.0 Å². The van der Waals surface area contributed by atoms with Crippen molar-refractivity contribution in [2.24, 2.45) is 5.16 Å². The molecule has 1 N–H and O–H groups in total. The number of amides is 1. The van der Waals surface area contributed by atoms with Crippen molar-refractivity contribution in [2.45, 2.75) is 48.9 Å². The molecule has 39 heavy (non-hydrogen) atoms. The van der Waals surface area contributed by atoms with Gasteiger partial charge in [-0.15, -0.1) is 0 Å². The van der Waals surface area contributed by atoms with E-state index in [1.807, 2.05) is 0 Å². The number of carbonyl (C=O) groups is 1. The van der Waals surface area contributed by atoms with Gasteiger partial charge in [0.05, 0.1) is 27.5 Å². The van der Waals surface area contributed by atoms with Crippen LogP contribution in [0.25, 0.3) is 0 Å². The normalized spacial score (nSPS) is 20.8. The molecular weight excluding hydrogens is 581 g/mol. The van der Waals surface area contributed by atoms with Gasteiger partial charge in [0, 0.05) is 23.9 Å². The fraction of sp³-hybridized carbons (Fsp3) is 0.417. The van der Waals surface area contributed by atoms with Crippen LogP contribution in [-0.4, -0.2) is 43.8 Å². The molecular formula is C24H20ClF7N2O4S. The molecule has 1 heterocycles. The highest BCUT2D eigenvalue weighted by atomic mass is 35.5. The first-order chi connectivity index (χ1) is 17.8. The van der Waals surface area contributed by atoms with Gasteiger partial charge in [-0.2, -0.15) is 26.3 Å². The maximum Gasteiger partial charge on any atom is 0.435 e. The zero-order valence-electron chi connectivity index (χ0n) is 20.2. The summed E-state index contributed by atoms with van der Waals surface area (Å²) in [5.41, 5.74) is -6.57. The van der Waals surface area contributed by atoms with Crippen LogP contribution in [0, 0.1) is 12.7 Å². The van der Waals surface area contributed by atoms with Crippen LogP contribution < -0.4 is 5.32 Å². The van der Waals surface area contributed by atoms with E-state index in [0.717, 1.165) is 6.26 Å². The molecule has 0 radical (unpaired) electrons. The topological polar surface area (TPSA) is 84.8 Å². The van der Waals surface area contributed by atoms with E-state index in [-0.39, 0.29) is 41.1 Å². The largest absolute Gasteiger partial charge is 0.435 e. The maximum absolute atomic E-state index is 14.8. The highest BCUT2D eigenvalue weighted by Gasteiger charge is 2.64. The lowest BCUT2D eigenvalue weighted by atomic mass is 9.85. The minimum atomic E-state index is -5.40. The van der Waals surface area contributed by atoms with Crippen molar-refractivity contribution in [1.29, 1.82) is 0 Å². The fourth-order valence-corrected chi connectivity index (χ4v) is 5.73. The van der Waals surface area contributed by atoms with Gasteiger partial charge in [0.25, 0.3) is 11.5 Å². The molecule has 2 aromatic rings. The molecule has 212 valence electrons. The predicted octanol–water partition coefficient (Wildman–Crippen LogP) is 5.70. The van der Waals surface area contributed by atoms with Crippen molar-refractivity contribution in [3.63, 3.8) is 0 Å². The number of alkyl halides is 6. The van der Waals surface area contributed by atoms with E-state index in [1.165, 1.54) is 25.1 Å². The van der Waals surface area contributed by atoms with Gasteiger partial charge in [0.15, 0.2) is 9.84 Å². The minimum Gasteiger partial charge on any atom is -0.374 e. The number of hydrogen-bond donors (Lipinski definition) is 1. The number of hydrogen-bond acceptors (Lipinski definition) is 5. The van der Waals surface area contributed by atoms with E-state index in [0.29, 0.717) is 12.8 Å². The van der Waals surface area contributed by atoms with Crippen LogP contribution in [0.4, 0.5) is 30.7 Å². The molecule has 0 spiro atoms. The van der Waals surface area contributed by atoms with Crippen LogP contribution in [-0.2, 0) is 26.5 Å². The van der Waals surface area contributed by atoms with E-state index in [9.17, 15) is 43.9 Å². The van der Waals surface area contributed by atoms with Gasteiger partial charge < -0.3 is 10.2 Å². The Balaban J connectivity index is 1.62. The first-order valence-electron chi connectivity index (χ1n) is 11.3. The second-order valence-electron chi connectivity index (χ2n) is 9.62. The molecule has 6 nitrogen and oxygen atoms in total. The van der Waals surface area contributed by atoms with Gasteiger partial charge in [-0.3, -0.25) is 4.79 Å². The molecule has 2 aliphatic rings. The highest BCUT2D eigenvalue weighted by molar-refractivity contribution is 7.92. The number of nitrogens with zero attached hydrogens (tertiary/aromatic N) is 1. The first kappa shape index (κ1) is 29.1. The molecule has 0 bridgehead atoms. The number of aryl methyl sites for hydroxylation is 1. The molecule has 1 saturated carbocycles. The van der Waals surface area contributed by atoms with Crippen molar-refractivity contribution in [3.8, 4) is 0 Å². The number of oxime groups is 1. The van der Waals surface area contributed by atoms with Gasteiger partial charge in [-0.05, 0) is 55.2 Å². The smallest absolute Gasteiger partial charge is 0.374 e. The van der Waals surface area contributed by atoms with Crippen LogP contribution >= 0.6 is 11.6 Å². The zero-order chi connectivity index (χ0) is 29.2. The van der Waals surface area contributed by atoms with Gasteiger partial charge in [0.2, 0.25) is 0 Å². The number of sulfone groups is 1. The Bertz CT molecular complexity index is 1480. The molecule has 1 aliphatic carbocycles. The molecule has 1 fully saturated rings. The molecule has 0 saturated heterocycles. The number of rotatable bonds is 6. The molecule has 1 amide bonds. The van der Waals surface area contributed by atoms with E-state index >= 15 is 0 Å². The van der Waals surface area contributed by atoms with Crippen molar-refractivity contribution >= 4 is 33.1 Å². The number of halogens is 8. The van der Waals surface area contributed by atoms with Crippen LogP contribution in [0.2, 0.25) is 5.02 Å². The molecule has 15 heteroatoms. The Morgan fingerprint density at radius 2 is 1.77 bits per heavy atom. The fourth-order valence-electron chi connectivity index (χ4n) is 4.34. The second kappa shape index (κ2) is 9.36. The summed E-state index contributed by atoms with van der Waals surface area (Å²) in [4.78, 5) is 17.3. The number of benzene rings is 2. The van der Waals surface area contributed by atoms with Crippen molar-refractivity contribution < 1.29 is 48.8 Å². The SMILES string of the molecule is Cc1cc(C2=NO[C@](c3cc(C(F)(F)F)cc(Cl)c3F)(C(F)(F)F)C2)ccc1C(=O)NCC1(S(C)(=O)=O)CC1. The Morgan fingerprint density at radius 3 is 2.28 bits per heavy atom. The van der Waals surface area contributed by atoms with Crippen LogP contribution in [0.5, 0.6) is 0 Å². The van der Waals surface area contributed by atoms with Gasteiger partial charge >= 0.3 is 12.4 Å². The van der Waals surface area contributed by atoms with Crippen molar-refractivity contribution in [2.75, 3.05) is 12.8 Å². The molecule has 1 aliphatic heterocycles. The zero-order valence-corrected chi connectivity index (χ0v) is 21.8. The summed E-state index contributed by atoms with van der Waals surface area (Å²) in [6, 6.07) is 4.00. The molecule has 0 unspecified atom stereocenters. The standard InChI is InChI=1S/C24H20ClF7N2O4S/c1-12-7-13(3-4-15(12)20(35)33-11-21(5-6-21)39(2,36)37)18-10-22(38-34-18,24(30,31)32)16-8-14(23(27,28)29)9-17(25)19(16)26/h3-4,7-9H,5-6,10-11H2,1-2H3,(H,33,35)/t22-/m1/s1. The summed E-state index contributed by atoms with van der Waals surface area (Å²) >= 11 is 5.51. The average Bonchev–Trinajstić information content (AvgIpc) is 3.48. The lowest BCUT2D eigenvalue weighted by molar-refractivity contribution is -0.276. The maximum atomic E-state index is 14.8. The Kier molecular flexibility index (Phi) is 6.99. The highest BCUT2D eigenvalue weighted by Crippen LogP contribution is 2.51. The minimum absolute atomic E-state index is 0.00498. The van der Waals surface area contributed by atoms with E-state index in [1.54, 1.807) is 0 Å².